The van der Waals surface area contributed by atoms with Crippen molar-refractivity contribution in [3.05, 3.63) is 22.4 Å². The molecule has 1 atom stereocenters. The number of hydrogen-bond donors (Lipinski definition) is 1. The van der Waals surface area contributed by atoms with E-state index in [1.807, 2.05) is 7.05 Å². The number of likely N-dealkylation sites (tertiary alicyclic amines) is 1. The quantitative estimate of drug-likeness (QED) is 0.362. The number of guanidine groups is 1. The van der Waals surface area contributed by atoms with Gasteiger partial charge in [-0.1, -0.05) is 6.92 Å². The van der Waals surface area contributed by atoms with Crippen LogP contribution < -0.4 is 5.32 Å². The highest BCUT2D eigenvalue weighted by Crippen LogP contribution is 2.15. The Bertz CT molecular complexity index is 525. The second-order valence-corrected chi connectivity index (χ2v) is 7.57. The van der Waals surface area contributed by atoms with E-state index in [2.05, 4.69) is 73.9 Å². The Labute approximate surface area is 172 Å². The van der Waals surface area contributed by atoms with Crippen molar-refractivity contribution >= 4 is 45.9 Å². The van der Waals surface area contributed by atoms with E-state index in [0.29, 0.717) is 5.92 Å². The molecule has 1 aromatic heterocycles. The number of aliphatic imine (C=N–C) groups is 1. The molecule has 2 heterocycles. The fraction of sp³-hybridized carbons (Fsp3) is 0.706. The number of nitrogens with zero attached hydrogens (tertiary/aromatic N) is 4. The zero-order valence-corrected chi connectivity index (χ0v) is 19.2. The van der Waals surface area contributed by atoms with Crippen molar-refractivity contribution < 1.29 is 0 Å². The van der Waals surface area contributed by atoms with E-state index in [9.17, 15) is 0 Å². The van der Waals surface area contributed by atoms with Gasteiger partial charge in [-0.3, -0.25) is 4.99 Å². The molecule has 1 N–H and O–H groups in total. The number of nitrogens with one attached hydrogen (secondary N) is 1. The zero-order valence-electron chi connectivity index (χ0n) is 15.3. The fourth-order valence-electron chi connectivity index (χ4n) is 3.16. The predicted octanol–water partition coefficient (Wildman–Crippen LogP) is 3.14. The molecule has 0 bridgehead atoms. The highest BCUT2D eigenvalue weighted by Gasteiger charge is 2.16. The Morgan fingerprint density at radius 3 is 2.62 bits per heavy atom. The molecular formula is C17H31BrIN5. The molecule has 1 aliphatic rings. The number of halogens is 2. The van der Waals surface area contributed by atoms with Crippen LogP contribution in [-0.2, 0) is 13.6 Å². The van der Waals surface area contributed by atoms with E-state index in [0.717, 1.165) is 23.5 Å². The molecule has 0 amide bonds. The minimum atomic E-state index is 0. The lowest BCUT2D eigenvalue weighted by Gasteiger charge is -2.25. The second kappa shape index (κ2) is 10.7. The van der Waals surface area contributed by atoms with Crippen molar-refractivity contribution in [2.45, 2.75) is 26.3 Å². The van der Waals surface area contributed by atoms with Crippen LogP contribution in [-0.4, -0.2) is 60.6 Å². The number of rotatable bonds is 6. The number of hydrogen-bond acceptors (Lipinski definition) is 2. The first kappa shape index (κ1) is 21.8. The van der Waals surface area contributed by atoms with E-state index in [1.54, 1.807) is 0 Å². The Morgan fingerprint density at radius 1 is 1.42 bits per heavy atom. The van der Waals surface area contributed by atoms with Crippen LogP contribution in [0.5, 0.6) is 0 Å². The molecular weight excluding hydrogens is 481 g/mol. The summed E-state index contributed by atoms with van der Waals surface area (Å²) in [7, 11) is 6.01. The largest absolute Gasteiger partial charge is 0.356 e. The SMILES string of the molecule is CN=C(NCC(C)CN1CCCC1)N(C)Cc1cc(Br)cn1C.I. The summed E-state index contributed by atoms with van der Waals surface area (Å²) in [5.41, 5.74) is 1.26. The molecule has 1 aliphatic heterocycles. The standard InChI is InChI=1S/C17H30BrN5.HI/c1-14(11-23-7-5-6-8-23)10-20-17(19-2)22(4)13-16-9-15(18)12-21(16)3;/h9,12,14H,5-8,10-11,13H2,1-4H3,(H,19,20);1H. The van der Waals surface area contributed by atoms with E-state index in [1.165, 1.54) is 38.2 Å². The van der Waals surface area contributed by atoms with Gasteiger partial charge in [0.1, 0.15) is 0 Å². The van der Waals surface area contributed by atoms with Crippen LogP contribution in [0.3, 0.4) is 0 Å². The molecule has 0 aliphatic carbocycles. The third kappa shape index (κ3) is 6.55. The van der Waals surface area contributed by atoms with Crippen molar-refractivity contribution in [1.82, 2.24) is 19.7 Å². The predicted molar refractivity (Wildman–Crippen MR) is 116 cm³/mol. The van der Waals surface area contributed by atoms with Crippen LogP contribution in [0.15, 0.2) is 21.7 Å². The average Bonchev–Trinajstić information content (AvgIpc) is 3.10. The van der Waals surface area contributed by atoms with Gasteiger partial charge >= 0.3 is 0 Å². The van der Waals surface area contributed by atoms with Gasteiger partial charge in [-0.15, -0.1) is 24.0 Å². The first-order chi connectivity index (χ1) is 11.0. The molecule has 0 aromatic carbocycles. The Hall–Kier alpha value is -0.280. The van der Waals surface area contributed by atoms with Crippen LogP contribution in [0.1, 0.15) is 25.5 Å². The van der Waals surface area contributed by atoms with Crippen molar-refractivity contribution in [3.8, 4) is 0 Å². The van der Waals surface area contributed by atoms with Gasteiger partial charge < -0.3 is 19.7 Å². The first-order valence-corrected chi connectivity index (χ1v) is 9.23. The summed E-state index contributed by atoms with van der Waals surface area (Å²) < 4.78 is 3.26. The third-order valence-electron chi connectivity index (χ3n) is 4.42. The summed E-state index contributed by atoms with van der Waals surface area (Å²) >= 11 is 3.53. The topological polar surface area (TPSA) is 35.8 Å². The lowest BCUT2D eigenvalue weighted by atomic mass is 10.1. The van der Waals surface area contributed by atoms with Gasteiger partial charge in [0.25, 0.3) is 0 Å². The van der Waals surface area contributed by atoms with Crippen molar-refractivity contribution in [3.63, 3.8) is 0 Å². The molecule has 138 valence electrons. The van der Waals surface area contributed by atoms with Crippen molar-refractivity contribution in [2.75, 3.05) is 40.3 Å². The van der Waals surface area contributed by atoms with E-state index in [-0.39, 0.29) is 24.0 Å². The number of aryl methyl sites for hydroxylation is 1. The van der Waals surface area contributed by atoms with E-state index in [4.69, 9.17) is 0 Å². The highest BCUT2D eigenvalue weighted by atomic mass is 127. The van der Waals surface area contributed by atoms with Crippen LogP contribution in [0, 0.1) is 5.92 Å². The van der Waals surface area contributed by atoms with Gasteiger partial charge in [-0.2, -0.15) is 0 Å². The van der Waals surface area contributed by atoms with Gasteiger partial charge in [0, 0.05) is 50.6 Å². The fourth-order valence-corrected chi connectivity index (χ4v) is 3.73. The van der Waals surface area contributed by atoms with Gasteiger partial charge in [0.15, 0.2) is 5.96 Å². The maximum atomic E-state index is 4.42. The lowest BCUT2D eigenvalue weighted by Crippen LogP contribution is -2.42. The minimum absolute atomic E-state index is 0. The van der Waals surface area contributed by atoms with Crippen molar-refractivity contribution in [2.24, 2.45) is 18.0 Å². The molecule has 5 nitrogen and oxygen atoms in total. The van der Waals surface area contributed by atoms with Gasteiger partial charge in [-0.25, -0.2) is 0 Å². The maximum Gasteiger partial charge on any atom is 0.193 e. The third-order valence-corrected chi connectivity index (χ3v) is 4.86. The van der Waals surface area contributed by atoms with E-state index >= 15 is 0 Å². The highest BCUT2D eigenvalue weighted by molar-refractivity contribution is 14.0. The molecule has 24 heavy (non-hydrogen) atoms. The van der Waals surface area contributed by atoms with Crippen LogP contribution in [0.4, 0.5) is 0 Å². The van der Waals surface area contributed by atoms with Crippen molar-refractivity contribution in [1.29, 1.82) is 0 Å². The number of aromatic nitrogens is 1. The van der Waals surface area contributed by atoms with Crippen LogP contribution in [0.25, 0.3) is 0 Å². The molecule has 2 rings (SSSR count). The first-order valence-electron chi connectivity index (χ1n) is 8.44. The van der Waals surface area contributed by atoms with Crippen LogP contribution in [0.2, 0.25) is 0 Å². The average molecular weight is 512 g/mol. The Kier molecular flexibility index (Phi) is 9.66. The molecule has 0 spiro atoms. The Balaban J connectivity index is 0.00000288. The summed E-state index contributed by atoms with van der Waals surface area (Å²) in [6, 6.07) is 2.15. The monoisotopic (exact) mass is 511 g/mol. The lowest BCUT2D eigenvalue weighted by molar-refractivity contribution is 0.286. The molecule has 7 heteroatoms. The maximum absolute atomic E-state index is 4.42. The summed E-state index contributed by atoms with van der Waals surface area (Å²) in [5, 5.41) is 3.52. The minimum Gasteiger partial charge on any atom is -0.356 e. The van der Waals surface area contributed by atoms with Gasteiger partial charge in [-0.05, 0) is 53.8 Å². The molecule has 1 fully saturated rings. The molecule has 0 radical (unpaired) electrons. The van der Waals surface area contributed by atoms with Crippen LogP contribution >= 0.6 is 39.9 Å². The molecule has 1 aromatic rings. The van der Waals surface area contributed by atoms with E-state index < -0.39 is 0 Å². The molecule has 1 saturated heterocycles. The molecule has 1 unspecified atom stereocenters. The smallest absolute Gasteiger partial charge is 0.193 e. The summed E-state index contributed by atoms with van der Waals surface area (Å²) in [6.07, 6.45) is 4.80. The van der Waals surface area contributed by atoms with Gasteiger partial charge in [0.05, 0.1) is 6.54 Å². The summed E-state index contributed by atoms with van der Waals surface area (Å²) in [4.78, 5) is 9.16. The second-order valence-electron chi connectivity index (χ2n) is 6.66. The zero-order chi connectivity index (χ0) is 16.8. The van der Waals surface area contributed by atoms with Gasteiger partial charge in [0.2, 0.25) is 0 Å². The summed E-state index contributed by atoms with van der Waals surface area (Å²) in [5.74, 6) is 1.58. The normalized spacial score (nSPS) is 16.8. The Morgan fingerprint density at radius 2 is 2.08 bits per heavy atom. The summed E-state index contributed by atoms with van der Waals surface area (Å²) in [6.45, 7) is 7.82. The molecule has 0 saturated carbocycles.